The van der Waals surface area contributed by atoms with Crippen LogP contribution in [0, 0.1) is 0 Å². The van der Waals surface area contributed by atoms with E-state index in [1.165, 1.54) is 0 Å². The number of fused-ring (bicyclic) bond motifs is 1. The van der Waals surface area contributed by atoms with Gasteiger partial charge in [-0.25, -0.2) is 9.78 Å². The maximum absolute atomic E-state index is 11.0. The van der Waals surface area contributed by atoms with Crippen LogP contribution in [0.3, 0.4) is 0 Å². The lowest BCUT2D eigenvalue weighted by Gasteiger charge is -2.10. The summed E-state index contributed by atoms with van der Waals surface area (Å²) in [5, 5.41) is 9.06. The third-order valence-electron chi connectivity index (χ3n) is 2.48. The highest BCUT2D eigenvalue weighted by Gasteiger charge is 2.22. The molecule has 0 amide bonds. The number of ether oxygens (including phenoxy) is 1. The number of pyridine rings is 1. The van der Waals surface area contributed by atoms with E-state index in [9.17, 15) is 4.79 Å². The normalized spacial score (nSPS) is 13.8. The number of carbonyl (C=O) groups is 1. The molecule has 15 heavy (non-hydrogen) atoms. The van der Waals surface area contributed by atoms with E-state index in [4.69, 9.17) is 9.84 Å². The molecule has 0 fully saturated rings. The minimum Gasteiger partial charge on any atom is -0.478 e. The molecule has 1 aromatic heterocycles. The van der Waals surface area contributed by atoms with E-state index in [0.717, 1.165) is 12.0 Å². The first kappa shape index (κ1) is 9.96. The van der Waals surface area contributed by atoms with Gasteiger partial charge in [0.05, 0.1) is 17.9 Å². The molecule has 0 atom stereocenters. The molecule has 1 aliphatic rings. The van der Waals surface area contributed by atoms with Crippen molar-refractivity contribution in [2.75, 3.05) is 6.61 Å². The van der Waals surface area contributed by atoms with Crippen LogP contribution < -0.4 is 4.74 Å². The predicted molar refractivity (Wildman–Crippen MR) is 54.5 cm³/mol. The monoisotopic (exact) mass is 207 g/mol. The van der Waals surface area contributed by atoms with Crippen LogP contribution in [0.2, 0.25) is 0 Å². The van der Waals surface area contributed by atoms with E-state index in [1.54, 1.807) is 6.07 Å². The van der Waals surface area contributed by atoms with Gasteiger partial charge >= 0.3 is 5.97 Å². The van der Waals surface area contributed by atoms with Crippen LogP contribution in [-0.2, 0) is 6.42 Å². The number of rotatable bonds is 2. The van der Waals surface area contributed by atoms with Gasteiger partial charge in [0.2, 0.25) is 5.88 Å². The summed E-state index contributed by atoms with van der Waals surface area (Å²) in [6.45, 7) is 4.45. The molecule has 1 aliphatic heterocycles. The summed E-state index contributed by atoms with van der Waals surface area (Å²) < 4.78 is 5.32. The van der Waals surface area contributed by atoms with Crippen LogP contribution in [0.5, 0.6) is 5.88 Å². The molecule has 80 valence electrons. The topological polar surface area (TPSA) is 59.4 Å². The number of hydrogen-bond donors (Lipinski definition) is 1. The third-order valence-corrected chi connectivity index (χ3v) is 2.48. The van der Waals surface area contributed by atoms with E-state index in [1.807, 2.05) is 13.8 Å². The maximum Gasteiger partial charge on any atom is 0.337 e. The zero-order chi connectivity index (χ0) is 11.0. The van der Waals surface area contributed by atoms with Crippen molar-refractivity contribution in [2.45, 2.75) is 26.2 Å². The standard InChI is InChI=1S/C11H13NO3/c1-6(2)9-8(11(13)14)5-7-3-4-15-10(7)12-9/h5-6H,3-4H2,1-2H3,(H,13,14). The van der Waals surface area contributed by atoms with Crippen LogP contribution in [0.1, 0.15) is 41.4 Å². The molecule has 0 aliphatic carbocycles. The van der Waals surface area contributed by atoms with Crippen LogP contribution in [0.4, 0.5) is 0 Å². The Labute approximate surface area is 87.9 Å². The molecule has 0 bridgehead atoms. The molecule has 0 unspecified atom stereocenters. The molecule has 0 radical (unpaired) electrons. The van der Waals surface area contributed by atoms with Gasteiger partial charge in [0.1, 0.15) is 0 Å². The number of nitrogens with zero attached hydrogens (tertiary/aromatic N) is 1. The van der Waals surface area contributed by atoms with Gasteiger partial charge in [-0.2, -0.15) is 0 Å². The van der Waals surface area contributed by atoms with Crippen molar-refractivity contribution in [3.05, 3.63) is 22.9 Å². The lowest BCUT2D eigenvalue weighted by Crippen LogP contribution is -2.07. The largest absolute Gasteiger partial charge is 0.478 e. The zero-order valence-electron chi connectivity index (χ0n) is 8.78. The molecular weight excluding hydrogens is 194 g/mol. The minimum atomic E-state index is -0.916. The molecule has 0 saturated carbocycles. The highest BCUT2D eigenvalue weighted by molar-refractivity contribution is 5.89. The lowest BCUT2D eigenvalue weighted by molar-refractivity contribution is 0.0694. The minimum absolute atomic E-state index is 0.0885. The van der Waals surface area contributed by atoms with Gasteiger partial charge in [0.25, 0.3) is 0 Å². The number of carboxylic acid groups (broad SMARTS) is 1. The third kappa shape index (κ3) is 1.67. The van der Waals surface area contributed by atoms with Crippen LogP contribution in [-0.4, -0.2) is 22.7 Å². The predicted octanol–water partition coefficient (Wildman–Crippen LogP) is 1.84. The number of aromatic nitrogens is 1. The molecule has 0 spiro atoms. The summed E-state index contributed by atoms with van der Waals surface area (Å²) >= 11 is 0. The lowest BCUT2D eigenvalue weighted by atomic mass is 10.0. The Balaban J connectivity index is 2.57. The summed E-state index contributed by atoms with van der Waals surface area (Å²) in [4.78, 5) is 15.3. The van der Waals surface area contributed by atoms with E-state index in [2.05, 4.69) is 4.98 Å². The average molecular weight is 207 g/mol. The first-order chi connectivity index (χ1) is 7.09. The molecule has 1 aromatic rings. The van der Waals surface area contributed by atoms with Crippen molar-refractivity contribution in [2.24, 2.45) is 0 Å². The van der Waals surface area contributed by atoms with Crippen molar-refractivity contribution in [1.29, 1.82) is 0 Å². The maximum atomic E-state index is 11.0. The summed E-state index contributed by atoms with van der Waals surface area (Å²) in [6.07, 6.45) is 0.751. The van der Waals surface area contributed by atoms with Crippen LogP contribution in [0.15, 0.2) is 6.07 Å². The highest BCUT2D eigenvalue weighted by atomic mass is 16.5. The van der Waals surface area contributed by atoms with Gasteiger partial charge in [-0.15, -0.1) is 0 Å². The van der Waals surface area contributed by atoms with Gasteiger partial charge in [-0.05, 0) is 12.0 Å². The summed E-state index contributed by atoms with van der Waals surface area (Å²) in [7, 11) is 0. The Morgan fingerprint density at radius 2 is 2.33 bits per heavy atom. The SMILES string of the molecule is CC(C)c1nc2c(cc1C(=O)O)CCO2. The first-order valence-electron chi connectivity index (χ1n) is 4.99. The zero-order valence-corrected chi connectivity index (χ0v) is 8.78. The van der Waals surface area contributed by atoms with Gasteiger partial charge in [-0.1, -0.05) is 13.8 Å². The fourth-order valence-electron chi connectivity index (χ4n) is 1.72. The van der Waals surface area contributed by atoms with Gasteiger partial charge < -0.3 is 9.84 Å². The summed E-state index contributed by atoms with van der Waals surface area (Å²) in [5.41, 5.74) is 1.80. The molecule has 0 aromatic carbocycles. The second-order valence-electron chi connectivity index (χ2n) is 3.94. The molecule has 4 nitrogen and oxygen atoms in total. The van der Waals surface area contributed by atoms with Crippen LogP contribution >= 0.6 is 0 Å². The Kier molecular flexibility index (Phi) is 2.34. The van der Waals surface area contributed by atoms with Crippen molar-refractivity contribution in [3.63, 3.8) is 0 Å². The summed E-state index contributed by atoms with van der Waals surface area (Å²) in [6, 6.07) is 1.69. The Hall–Kier alpha value is -1.58. The van der Waals surface area contributed by atoms with Gasteiger partial charge in [0.15, 0.2) is 0 Å². The Morgan fingerprint density at radius 3 is 2.93 bits per heavy atom. The summed E-state index contributed by atoms with van der Waals surface area (Å²) in [5.74, 6) is -0.227. The molecule has 2 rings (SSSR count). The second-order valence-corrected chi connectivity index (χ2v) is 3.94. The molecule has 0 saturated heterocycles. The fraction of sp³-hybridized carbons (Fsp3) is 0.455. The smallest absolute Gasteiger partial charge is 0.337 e. The van der Waals surface area contributed by atoms with E-state index in [0.29, 0.717) is 23.7 Å². The van der Waals surface area contributed by atoms with E-state index in [-0.39, 0.29) is 5.92 Å². The van der Waals surface area contributed by atoms with Crippen molar-refractivity contribution in [3.8, 4) is 5.88 Å². The second kappa shape index (κ2) is 3.53. The van der Waals surface area contributed by atoms with Crippen LogP contribution in [0.25, 0.3) is 0 Å². The van der Waals surface area contributed by atoms with Gasteiger partial charge in [-0.3, -0.25) is 0 Å². The van der Waals surface area contributed by atoms with Crippen molar-refractivity contribution in [1.82, 2.24) is 4.98 Å². The van der Waals surface area contributed by atoms with E-state index >= 15 is 0 Å². The van der Waals surface area contributed by atoms with Crippen molar-refractivity contribution >= 4 is 5.97 Å². The Bertz CT molecular complexity index is 413. The molecule has 4 heteroatoms. The average Bonchev–Trinajstić information content (AvgIpc) is 2.61. The molecule has 2 heterocycles. The molecular formula is C11H13NO3. The number of carboxylic acids is 1. The number of aromatic carboxylic acids is 1. The highest BCUT2D eigenvalue weighted by Crippen LogP contribution is 2.28. The number of hydrogen-bond acceptors (Lipinski definition) is 3. The van der Waals surface area contributed by atoms with Gasteiger partial charge in [0, 0.05) is 12.0 Å². The first-order valence-corrected chi connectivity index (χ1v) is 4.99. The molecule has 1 N–H and O–H groups in total. The Morgan fingerprint density at radius 1 is 1.60 bits per heavy atom. The fourth-order valence-corrected chi connectivity index (χ4v) is 1.72. The quantitative estimate of drug-likeness (QED) is 0.803. The van der Waals surface area contributed by atoms with Crippen molar-refractivity contribution < 1.29 is 14.6 Å². The van der Waals surface area contributed by atoms with E-state index < -0.39 is 5.97 Å².